The van der Waals surface area contributed by atoms with E-state index in [4.69, 9.17) is 0 Å². The molecule has 0 aliphatic carbocycles. The Morgan fingerprint density at radius 2 is 1.77 bits per heavy atom. The number of aromatic nitrogens is 3. The van der Waals surface area contributed by atoms with Crippen LogP contribution in [0.5, 0.6) is 0 Å². The monoisotopic (exact) mass is 431 g/mol. The smallest absolute Gasteiger partial charge is 0.261 e. The van der Waals surface area contributed by atoms with E-state index in [9.17, 15) is 14.4 Å². The van der Waals surface area contributed by atoms with Gasteiger partial charge in [0, 0.05) is 22.5 Å². The molecule has 31 heavy (non-hydrogen) atoms. The lowest BCUT2D eigenvalue weighted by Crippen LogP contribution is -2.35. The molecule has 4 aromatic rings. The molecule has 2 aromatic heterocycles. The maximum atomic E-state index is 12.8. The van der Waals surface area contributed by atoms with E-state index in [0.717, 1.165) is 11.3 Å². The minimum atomic E-state index is -0.453. The minimum Gasteiger partial charge on any atom is -0.289 e. The summed E-state index contributed by atoms with van der Waals surface area (Å²) in [5.74, 6) is -1.02. The van der Waals surface area contributed by atoms with Crippen LogP contribution in [-0.4, -0.2) is 43.3 Å². The van der Waals surface area contributed by atoms with Crippen LogP contribution in [0.3, 0.4) is 0 Å². The molecule has 3 amide bonds. The highest BCUT2D eigenvalue weighted by Crippen LogP contribution is 2.27. The molecule has 9 heteroatoms. The number of amides is 3. The molecular formula is C22H17N5O3S. The van der Waals surface area contributed by atoms with Gasteiger partial charge in [-0.2, -0.15) is 4.98 Å². The van der Waals surface area contributed by atoms with Crippen molar-refractivity contribution in [3.8, 4) is 11.3 Å². The topological polar surface area (TPSA) is 96.7 Å². The van der Waals surface area contributed by atoms with E-state index in [-0.39, 0.29) is 29.0 Å². The van der Waals surface area contributed by atoms with Gasteiger partial charge in [-0.3, -0.25) is 24.6 Å². The van der Waals surface area contributed by atoms with Gasteiger partial charge in [0.25, 0.3) is 23.7 Å². The summed E-state index contributed by atoms with van der Waals surface area (Å²) < 4.78 is 1.68. The highest BCUT2D eigenvalue weighted by Gasteiger charge is 2.37. The molecule has 0 radical (unpaired) electrons. The van der Waals surface area contributed by atoms with Gasteiger partial charge in [-0.15, -0.1) is 16.4 Å². The van der Waals surface area contributed by atoms with Crippen LogP contribution in [0.2, 0.25) is 0 Å². The molecule has 5 rings (SSSR count). The van der Waals surface area contributed by atoms with Gasteiger partial charge >= 0.3 is 0 Å². The Labute approximate surface area is 181 Å². The van der Waals surface area contributed by atoms with Gasteiger partial charge in [0.05, 0.1) is 16.8 Å². The van der Waals surface area contributed by atoms with Gasteiger partial charge in [0.2, 0.25) is 4.96 Å². The molecule has 154 valence electrons. The molecule has 0 fully saturated rings. The number of hydrogen-bond acceptors (Lipinski definition) is 6. The molecule has 8 nitrogen and oxygen atoms in total. The lowest BCUT2D eigenvalue weighted by molar-refractivity contribution is 0.0609. The first-order chi connectivity index (χ1) is 14.9. The Morgan fingerprint density at radius 1 is 1.03 bits per heavy atom. The molecule has 0 atom stereocenters. The average molecular weight is 431 g/mol. The van der Waals surface area contributed by atoms with Gasteiger partial charge in [-0.1, -0.05) is 30.3 Å². The summed E-state index contributed by atoms with van der Waals surface area (Å²) >= 11 is 1.42. The Hall–Kier alpha value is -3.85. The fourth-order valence-corrected chi connectivity index (χ4v) is 4.42. The van der Waals surface area contributed by atoms with Gasteiger partial charge in [-0.05, 0) is 32.0 Å². The number of nitrogens with zero attached hydrogens (tertiary/aromatic N) is 4. The number of fused-ring (bicyclic) bond motifs is 2. The van der Waals surface area contributed by atoms with Crippen molar-refractivity contribution in [1.29, 1.82) is 0 Å². The molecule has 0 spiro atoms. The van der Waals surface area contributed by atoms with E-state index in [1.807, 2.05) is 35.7 Å². The second-order valence-corrected chi connectivity index (χ2v) is 8.24. The van der Waals surface area contributed by atoms with Gasteiger partial charge in [0.1, 0.15) is 0 Å². The van der Waals surface area contributed by atoms with E-state index in [0.29, 0.717) is 10.5 Å². The van der Waals surface area contributed by atoms with Crippen LogP contribution >= 0.6 is 11.3 Å². The van der Waals surface area contributed by atoms with Crippen LogP contribution in [-0.2, 0) is 0 Å². The average Bonchev–Trinajstić information content (AvgIpc) is 3.40. The summed E-state index contributed by atoms with van der Waals surface area (Å²) in [4.78, 5) is 44.0. The fourth-order valence-electron chi connectivity index (χ4n) is 3.59. The number of carbonyl (C=O) groups is 3. The number of rotatable bonds is 4. The summed E-state index contributed by atoms with van der Waals surface area (Å²) in [7, 11) is 0. The summed E-state index contributed by atoms with van der Waals surface area (Å²) in [6, 6.07) is 14.0. The standard InChI is InChI=1S/C22H17N5O3S/c1-12(2)26-19(29)15-9-8-14(10-16(15)20(26)30)18(28)23-21-24-22-27(25-21)17(11-31-22)13-6-4-3-5-7-13/h3-12H,1-2H3,(H,23,25,28). The van der Waals surface area contributed by atoms with Crippen LogP contribution in [0, 0.1) is 0 Å². The largest absolute Gasteiger partial charge is 0.289 e. The Bertz CT molecular complexity index is 1360. The number of thiazole rings is 1. The Morgan fingerprint density at radius 3 is 2.52 bits per heavy atom. The van der Waals surface area contributed by atoms with E-state index < -0.39 is 11.8 Å². The zero-order valence-corrected chi connectivity index (χ0v) is 17.5. The lowest BCUT2D eigenvalue weighted by Gasteiger charge is -2.17. The van der Waals surface area contributed by atoms with Crippen molar-refractivity contribution in [2.24, 2.45) is 0 Å². The quantitative estimate of drug-likeness (QED) is 0.497. The maximum Gasteiger partial charge on any atom is 0.261 e. The Balaban J connectivity index is 1.42. The first kappa shape index (κ1) is 19.1. The SMILES string of the molecule is CC(C)N1C(=O)c2ccc(C(=O)Nc3nc4scc(-c5ccccc5)n4n3)cc2C1=O. The third-order valence-corrected chi connectivity index (χ3v) is 5.89. The number of anilines is 1. The summed E-state index contributed by atoms with van der Waals surface area (Å²) in [6.45, 7) is 3.55. The van der Waals surface area contributed by atoms with E-state index in [1.165, 1.54) is 34.4 Å². The third-order valence-electron chi connectivity index (χ3n) is 5.07. The van der Waals surface area contributed by atoms with Gasteiger partial charge in [-0.25, -0.2) is 4.52 Å². The first-order valence-electron chi connectivity index (χ1n) is 9.67. The second-order valence-electron chi connectivity index (χ2n) is 7.41. The molecule has 0 unspecified atom stereocenters. The lowest BCUT2D eigenvalue weighted by atomic mass is 10.1. The first-order valence-corrected chi connectivity index (χ1v) is 10.5. The number of hydrogen-bond donors (Lipinski definition) is 1. The normalized spacial score (nSPS) is 13.3. The summed E-state index contributed by atoms with van der Waals surface area (Å²) in [6.07, 6.45) is 0. The van der Waals surface area contributed by atoms with Crippen molar-refractivity contribution < 1.29 is 14.4 Å². The predicted molar refractivity (Wildman–Crippen MR) is 116 cm³/mol. The molecule has 0 saturated heterocycles. The number of nitrogens with one attached hydrogen (secondary N) is 1. The molecule has 1 N–H and O–H groups in total. The van der Waals surface area contributed by atoms with E-state index in [1.54, 1.807) is 18.4 Å². The number of carbonyl (C=O) groups excluding carboxylic acids is 3. The molecule has 1 aliphatic rings. The van der Waals surface area contributed by atoms with Crippen LogP contribution < -0.4 is 5.32 Å². The van der Waals surface area contributed by atoms with E-state index >= 15 is 0 Å². The molecule has 1 aliphatic heterocycles. The Kier molecular flexibility index (Phi) is 4.40. The predicted octanol–water partition coefficient (Wildman–Crippen LogP) is 3.71. The zero-order valence-electron chi connectivity index (χ0n) is 16.7. The fraction of sp³-hybridized carbons (Fsp3) is 0.136. The van der Waals surface area contributed by atoms with Gasteiger partial charge < -0.3 is 0 Å². The number of imide groups is 1. The number of benzene rings is 2. The highest BCUT2D eigenvalue weighted by molar-refractivity contribution is 7.15. The van der Waals surface area contributed by atoms with Crippen molar-refractivity contribution >= 4 is 40.0 Å². The highest BCUT2D eigenvalue weighted by atomic mass is 32.1. The van der Waals surface area contributed by atoms with Crippen LogP contribution in [0.25, 0.3) is 16.2 Å². The van der Waals surface area contributed by atoms with Crippen molar-refractivity contribution in [3.05, 3.63) is 70.6 Å². The van der Waals surface area contributed by atoms with Crippen molar-refractivity contribution in [2.45, 2.75) is 19.9 Å². The molecule has 2 aromatic carbocycles. The summed E-state index contributed by atoms with van der Waals surface area (Å²) in [5, 5.41) is 9.04. The molecular weight excluding hydrogens is 414 g/mol. The van der Waals surface area contributed by atoms with E-state index in [2.05, 4.69) is 15.4 Å². The molecule has 0 bridgehead atoms. The second kappa shape index (κ2) is 7.13. The van der Waals surface area contributed by atoms with Crippen molar-refractivity contribution in [2.75, 3.05) is 5.32 Å². The molecule has 3 heterocycles. The van der Waals surface area contributed by atoms with Crippen molar-refractivity contribution in [3.63, 3.8) is 0 Å². The summed E-state index contributed by atoms with van der Waals surface area (Å²) in [5.41, 5.74) is 2.67. The third kappa shape index (κ3) is 3.10. The van der Waals surface area contributed by atoms with Crippen LogP contribution in [0.15, 0.2) is 53.9 Å². The molecule has 0 saturated carbocycles. The zero-order chi connectivity index (χ0) is 21.7. The van der Waals surface area contributed by atoms with Crippen LogP contribution in [0.1, 0.15) is 44.9 Å². The van der Waals surface area contributed by atoms with Gasteiger partial charge in [0.15, 0.2) is 0 Å². The van der Waals surface area contributed by atoms with Crippen molar-refractivity contribution in [1.82, 2.24) is 19.5 Å². The van der Waals surface area contributed by atoms with Crippen LogP contribution in [0.4, 0.5) is 5.95 Å². The minimum absolute atomic E-state index is 0.167. The maximum absolute atomic E-state index is 12.8.